The van der Waals surface area contributed by atoms with E-state index in [0.29, 0.717) is 5.75 Å². The molecule has 0 aliphatic carbocycles. The zero-order valence-corrected chi connectivity index (χ0v) is 19.2. The zero-order chi connectivity index (χ0) is 22.1. The number of likely N-dealkylation sites (tertiary alicyclic amines) is 1. The molecule has 0 saturated carbocycles. The first-order valence-corrected chi connectivity index (χ1v) is 12.4. The number of carbonyl (C=O) groups excluding carboxylic acids is 2. The Morgan fingerprint density at radius 1 is 1.00 bits per heavy atom. The van der Waals surface area contributed by atoms with Crippen LogP contribution >= 0.6 is 11.8 Å². The molecule has 3 heterocycles. The maximum absolute atomic E-state index is 13.2. The van der Waals surface area contributed by atoms with Crippen molar-refractivity contribution in [2.75, 3.05) is 23.7 Å². The number of rotatable bonds is 5. The van der Waals surface area contributed by atoms with Gasteiger partial charge in [-0.2, -0.15) is 0 Å². The lowest BCUT2D eigenvalue weighted by atomic mass is 10.1. The predicted octanol–water partition coefficient (Wildman–Crippen LogP) is 4.12. The number of thioether (sulfide) groups is 1. The van der Waals surface area contributed by atoms with E-state index in [4.69, 9.17) is 4.98 Å². The fourth-order valence-corrected chi connectivity index (χ4v) is 5.71. The number of anilines is 1. The smallest absolute Gasteiger partial charge is 0.242 e. The van der Waals surface area contributed by atoms with E-state index in [1.807, 2.05) is 56.8 Å². The molecule has 0 radical (unpaired) electrons. The Morgan fingerprint density at radius 3 is 2.59 bits per heavy atom. The largest absolute Gasteiger partial charge is 0.341 e. The molecular formula is C25H28N4O2S. The SMILES string of the molecule is C[C@H]1Cc2ccccc2N1C(=O)CSc1nc2ccccc2n1CC(=O)N1CCCCC1. The number of imidazole rings is 1. The number of piperidine rings is 1. The standard InChI is InChI=1S/C25H28N4O2S/c1-18-15-19-9-3-5-11-21(19)29(18)24(31)17-32-25-26-20-10-4-6-12-22(20)28(25)16-23(30)27-13-7-2-8-14-27/h3-6,9-12,18H,2,7-8,13-17H2,1H3/t18-/m0/s1. The highest BCUT2D eigenvalue weighted by Gasteiger charge is 2.30. The van der Waals surface area contributed by atoms with Gasteiger partial charge in [-0.05, 0) is 56.4 Å². The summed E-state index contributed by atoms with van der Waals surface area (Å²) in [5.41, 5.74) is 4.03. The number of nitrogens with zero attached hydrogens (tertiary/aromatic N) is 4. The molecule has 2 aliphatic rings. The lowest BCUT2D eigenvalue weighted by Crippen LogP contribution is -2.38. The Balaban J connectivity index is 1.35. The molecule has 2 aliphatic heterocycles. The van der Waals surface area contributed by atoms with Crippen molar-refractivity contribution in [2.24, 2.45) is 0 Å². The van der Waals surface area contributed by atoms with Gasteiger partial charge >= 0.3 is 0 Å². The molecule has 0 spiro atoms. The Hall–Kier alpha value is -2.80. The minimum atomic E-state index is 0.0772. The van der Waals surface area contributed by atoms with Gasteiger partial charge in [-0.3, -0.25) is 9.59 Å². The van der Waals surface area contributed by atoms with Crippen LogP contribution in [0.2, 0.25) is 0 Å². The van der Waals surface area contributed by atoms with Crippen molar-refractivity contribution < 1.29 is 9.59 Å². The van der Waals surface area contributed by atoms with Gasteiger partial charge in [0.1, 0.15) is 6.54 Å². The number of hydrogen-bond donors (Lipinski definition) is 0. The molecule has 0 bridgehead atoms. The number of aromatic nitrogens is 2. The molecule has 0 N–H and O–H groups in total. The first-order valence-electron chi connectivity index (χ1n) is 11.4. The summed E-state index contributed by atoms with van der Waals surface area (Å²) in [6.45, 7) is 4.02. The second-order valence-electron chi connectivity index (χ2n) is 8.64. The molecule has 3 aromatic rings. The fourth-order valence-electron chi connectivity index (χ4n) is 4.84. The molecule has 1 aromatic heterocycles. The third kappa shape index (κ3) is 4.01. The molecule has 7 heteroatoms. The van der Waals surface area contributed by atoms with Crippen LogP contribution in [0.25, 0.3) is 11.0 Å². The lowest BCUT2D eigenvalue weighted by molar-refractivity contribution is -0.132. The third-order valence-electron chi connectivity index (χ3n) is 6.42. The first kappa shape index (κ1) is 21.1. The van der Waals surface area contributed by atoms with Crippen molar-refractivity contribution in [1.82, 2.24) is 14.5 Å². The van der Waals surface area contributed by atoms with E-state index < -0.39 is 0 Å². The summed E-state index contributed by atoms with van der Waals surface area (Å²) in [7, 11) is 0. The van der Waals surface area contributed by atoms with Crippen LogP contribution in [-0.2, 0) is 22.6 Å². The highest BCUT2D eigenvalue weighted by atomic mass is 32.2. The molecule has 166 valence electrons. The molecular weight excluding hydrogens is 420 g/mol. The maximum atomic E-state index is 13.2. The minimum absolute atomic E-state index is 0.0772. The highest BCUT2D eigenvalue weighted by molar-refractivity contribution is 7.99. The van der Waals surface area contributed by atoms with Crippen molar-refractivity contribution in [3.63, 3.8) is 0 Å². The van der Waals surface area contributed by atoms with E-state index in [1.165, 1.54) is 23.7 Å². The average molecular weight is 449 g/mol. The topological polar surface area (TPSA) is 58.4 Å². The fraction of sp³-hybridized carbons (Fsp3) is 0.400. The summed E-state index contributed by atoms with van der Waals surface area (Å²) in [5, 5.41) is 0.727. The summed E-state index contributed by atoms with van der Waals surface area (Å²) in [4.78, 5) is 34.8. The molecule has 2 amide bonds. The molecule has 1 atom stereocenters. The van der Waals surface area contributed by atoms with E-state index in [0.717, 1.165) is 54.2 Å². The summed E-state index contributed by atoms with van der Waals surface area (Å²) in [5.74, 6) is 0.497. The van der Waals surface area contributed by atoms with Crippen LogP contribution in [0, 0.1) is 0 Å². The van der Waals surface area contributed by atoms with Crippen molar-refractivity contribution in [3.8, 4) is 0 Å². The summed E-state index contributed by atoms with van der Waals surface area (Å²) in [6.07, 6.45) is 4.22. The number of para-hydroxylation sites is 3. The highest BCUT2D eigenvalue weighted by Crippen LogP contribution is 2.33. The first-order chi connectivity index (χ1) is 15.6. The minimum Gasteiger partial charge on any atom is -0.341 e. The number of fused-ring (bicyclic) bond motifs is 2. The van der Waals surface area contributed by atoms with Crippen LogP contribution in [0.1, 0.15) is 31.7 Å². The number of benzene rings is 2. The van der Waals surface area contributed by atoms with E-state index in [2.05, 4.69) is 13.0 Å². The molecule has 0 unspecified atom stereocenters. The molecule has 6 nitrogen and oxygen atoms in total. The number of amides is 2. The van der Waals surface area contributed by atoms with Crippen molar-refractivity contribution in [1.29, 1.82) is 0 Å². The van der Waals surface area contributed by atoms with Crippen LogP contribution in [0.15, 0.2) is 53.7 Å². The van der Waals surface area contributed by atoms with Gasteiger partial charge in [0.05, 0.1) is 16.8 Å². The second kappa shape index (κ2) is 8.98. The quantitative estimate of drug-likeness (QED) is 0.551. The Labute approximate surface area is 192 Å². The van der Waals surface area contributed by atoms with Crippen molar-refractivity contribution >= 4 is 40.3 Å². The van der Waals surface area contributed by atoms with E-state index in [-0.39, 0.29) is 24.4 Å². The Bertz CT molecular complexity index is 1150. The van der Waals surface area contributed by atoms with Gasteiger partial charge in [-0.15, -0.1) is 0 Å². The number of carbonyl (C=O) groups is 2. The van der Waals surface area contributed by atoms with Gasteiger partial charge < -0.3 is 14.4 Å². The van der Waals surface area contributed by atoms with E-state index in [1.54, 1.807) is 0 Å². The zero-order valence-electron chi connectivity index (χ0n) is 18.4. The lowest BCUT2D eigenvalue weighted by Gasteiger charge is -2.27. The molecule has 5 rings (SSSR count). The van der Waals surface area contributed by atoms with Gasteiger partial charge in [0.25, 0.3) is 0 Å². The summed E-state index contributed by atoms with van der Waals surface area (Å²) in [6, 6.07) is 16.2. The number of hydrogen-bond acceptors (Lipinski definition) is 4. The van der Waals surface area contributed by atoms with Gasteiger partial charge in [0.15, 0.2) is 5.16 Å². The van der Waals surface area contributed by atoms with E-state index in [9.17, 15) is 9.59 Å². The average Bonchev–Trinajstić information content (AvgIpc) is 3.34. The molecule has 1 fully saturated rings. The molecule has 2 aromatic carbocycles. The normalized spacial score (nSPS) is 18.2. The summed E-state index contributed by atoms with van der Waals surface area (Å²) < 4.78 is 1.98. The van der Waals surface area contributed by atoms with Crippen LogP contribution in [0.3, 0.4) is 0 Å². The maximum Gasteiger partial charge on any atom is 0.242 e. The Kier molecular flexibility index (Phi) is 5.91. The van der Waals surface area contributed by atoms with Crippen molar-refractivity contribution in [2.45, 2.75) is 50.4 Å². The van der Waals surface area contributed by atoms with Crippen molar-refractivity contribution in [3.05, 3.63) is 54.1 Å². The van der Waals surface area contributed by atoms with Crippen LogP contribution < -0.4 is 4.90 Å². The summed E-state index contributed by atoms with van der Waals surface area (Å²) >= 11 is 1.42. The molecule has 1 saturated heterocycles. The monoisotopic (exact) mass is 448 g/mol. The van der Waals surface area contributed by atoms with E-state index >= 15 is 0 Å². The van der Waals surface area contributed by atoms with Gasteiger partial charge in [-0.1, -0.05) is 42.1 Å². The van der Waals surface area contributed by atoms with Gasteiger partial charge in [0.2, 0.25) is 11.8 Å². The van der Waals surface area contributed by atoms with Gasteiger partial charge in [0, 0.05) is 24.8 Å². The predicted molar refractivity (Wildman–Crippen MR) is 128 cm³/mol. The Morgan fingerprint density at radius 2 is 1.75 bits per heavy atom. The third-order valence-corrected chi connectivity index (χ3v) is 7.38. The second-order valence-corrected chi connectivity index (χ2v) is 9.59. The molecule has 32 heavy (non-hydrogen) atoms. The van der Waals surface area contributed by atoms with Crippen LogP contribution in [0.5, 0.6) is 0 Å². The van der Waals surface area contributed by atoms with Gasteiger partial charge in [-0.25, -0.2) is 4.98 Å². The van der Waals surface area contributed by atoms with Crippen LogP contribution in [0.4, 0.5) is 5.69 Å². The van der Waals surface area contributed by atoms with Crippen LogP contribution in [-0.4, -0.2) is 51.1 Å².